The highest BCUT2D eigenvalue weighted by molar-refractivity contribution is 4.49. The Morgan fingerprint density at radius 2 is 1.80 bits per heavy atom. The summed E-state index contributed by atoms with van der Waals surface area (Å²) in [6, 6.07) is 0. The first-order chi connectivity index (χ1) is 4.91. The molecule has 0 bridgehead atoms. The van der Waals surface area contributed by atoms with Gasteiger partial charge in [-0.1, -0.05) is 0 Å². The maximum Gasteiger partial charge on any atom is 0.0572 e. The van der Waals surface area contributed by atoms with Crippen LogP contribution in [0.15, 0.2) is 0 Å². The third-order valence-electron chi connectivity index (χ3n) is 0.993. The molecule has 10 heavy (non-hydrogen) atoms. The number of nitrogens with zero attached hydrogens (tertiary/aromatic N) is 1. The van der Waals surface area contributed by atoms with Gasteiger partial charge in [-0.25, -0.2) is 5.32 Å². The number of hydrogen-bond donors (Lipinski definition) is 3. The van der Waals surface area contributed by atoms with E-state index in [1.807, 2.05) is 0 Å². The topological polar surface area (TPSA) is 66.6 Å². The quantitative estimate of drug-likeness (QED) is 0.371. The van der Waals surface area contributed by atoms with Gasteiger partial charge in [0.05, 0.1) is 13.2 Å². The van der Waals surface area contributed by atoms with Crippen molar-refractivity contribution >= 4 is 0 Å². The Morgan fingerprint density at radius 3 is 2.40 bits per heavy atom. The summed E-state index contributed by atoms with van der Waals surface area (Å²) in [6.45, 7) is 2.91. The average molecular weight is 147 g/mol. The van der Waals surface area contributed by atoms with E-state index >= 15 is 0 Å². The number of hydrogen-bond acceptors (Lipinski definition) is 3. The van der Waals surface area contributed by atoms with Crippen LogP contribution < -0.4 is 10.6 Å². The van der Waals surface area contributed by atoms with Gasteiger partial charge in [0.1, 0.15) is 0 Å². The lowest BCUT2D eigenvalue weighted by atomic mass is 10.5. The van der Waals surface area contributed by atoms with Crippen molar-refractivity contribution in [2.24, 2.45) is 0 Å². The summed E-state index contributed by atoms with van der Waals surface area (Å²) in [5.41, 5.74) is 0. The molecule has 0 aliphatic carbocycles. The Hall–Kier alpha value is -0.160. The molecule has 0 spiro atoms. The van der Waals surface area contributed by atoms with Crippen LogP contribution in [0.4, 0.5) is 0 Å². The molecule has 3 N–H and O–H groups in total. The van der Waals surface area contributed by atoms with Gasteiger partial charge in [-0.3, -0.25) is 0 Å². The second-order valence-corrected chi connectivity index (χ2v) is 1.87. The molecule has 0 aromatic rings. The Bertz CT molecular complexity index is 53.7. The Morgan fingerprint density at radius 1 is 1.00 bits per heavy atom. The summed E-state index contributed by atoms with van der Waals surface area (Å²) in [5.74, 6) is 0. The van der Waals surface area contributed by atoms with Gasteiger partial charge in [0.2, 0.25) is 0 Å². The Labute approximate surface area is 61.3 Å². The molecule has 0 heterocycles. The van der Waals surface area contributed by atoms with E-state index in [9.17, 15) is 0 Å². The molecular formula is C6H15N2O2. The standard InChI is InChI=1S/C6H15N2O2/c9-5-3-7-1-2-8-4-6-10/h7,9-10H,1-6H2. The molecule has 0 rings (SSSR count). The van der Waals surface area contributed by atoms with E-state index in [1.165, 1.54) is 0 Å². The molecule has 0 aromatic carbocycles. The Balaban J connectivity index is 2.65. The zero-order valence-electron chi connectivity index (χ0n) is 6.08. The van der Waals surface area contributed by atoms with E-state index in [4.69, 9.17) is 10.2 Å². The number of rotatable bonds is 7. The van der Waals surface area contributed by atoms with Crippen molar-refractivity contribution in [3.63, 3.8) is 0 Å². The van der Waals surface area contributed by atoms with Gasteiger partial charge < -0.3 is 15.5 Å². The molecular weight excluding hydrogens is 132 g/mol. The zero-order valence-corrected chi connectivity index (χ0v) is 6.08. The molecule has 0 atom stereocenters. The van der Waals surface area contributed by atoms with Crippen LogP contribution in [-0.2, 0) is 0 Å². The van der Waals surface area contributed by atoms with E-state index in [0.717, 1.165) is 6.54 Å². The number of aliphatic hydroxyl groups is 2. The smallest absolute Gasteiger partial charge is 0.0572 e. The summed E-state index contributed by atoms with van der Waals surface area (Å²) in [5, 5.41) is 23.6. The third kappa shape index (κ3) is 7.84. The van der Waals surface area contributed by atoms with Gasteiger partial charge in [0, 0.05) is 26.2 Å². The van der Waals surface area contributed by atoms with Crippen LogP contribution in [0, 0.1) is 0 Å². The monoisotopic (exact) mass is 147 g/mol. The van der Waals surface area contributed by atoms with E-state index in [1.54, 1.807) is 0 Å². The van der Waals surface area contributed by atoms with E-state index in [-0.39, 0.29) is 13.2 Å². The van der Waals surface area contributed by atoms with Gasteiger partial charge >= 0.3 is 0 Å². The number of nitrogens with one attached hydrogen (secondary N) is 1. The molecule has 4 heteroatoms. The fraction of sp³-hybridized carbons (Fsp3) is 1.00. The van der Waals surface area contributed by atoms with Crippen LogP contribution >= 0.6 is 0 Å². The van der Waals surface area contributed by atoms with Crippen LogP contribution in [0.3, 0.4) is 0 Å². The molecule has 0 aliphatic rings. The minimum atomic E-state index is 0.125. The molecule has 0 amide bonds. The lowest BCUT2D eigenvalue weighted by Crippen LogP contribution is -2.26. The highest BCUT2D eigenvalue weighted by Gasteiger charge is 1.86. The molecule has 0 aromatic heterocycles. The third-order valence-corrected chi connectivity index (χ3v) is 0.993. The van der Waals surface area contributed by atoms with Crippen molar-refractivity contribution in [2.45, 2.75) is 0 Å². The first kappa shape index (κ1) is 9.84. The van der Waals surface area contributed by atoms with Gasteiger partial charge in [0.25, 0.3) is 0 Å². The van der Waals surface area contributed by atoms with Gasteiger partial charge in [-0.2, -0.15) is 0 Å². The fourth-order valence-electron chi connectivity index (χ4n) is 0.545. The summed E-state index contributed by atoms with van der Waals surface area (Å²) in [6.07, 6.45) is 0. The predicted octanol–water partition coefficient (Wildman–Crippen LogP) is -1.83. The highest BCUT2D eigenvalue weighted by atomic mass is 16.3. The molecule has 61 valence electrons. The van der Waals surface area contributed by atoms with E-state index in [0.29, 0.717) is 19.6 Å². The minimum Gasteiger partial charge on any atom is -0.395 e. The van der Waals surface area contributed by atoms with Crippen molar-refractivity contribution in [3.05, 3.63) is 0 Å². The van der Waals surface area contributed by atoms with Crippen LogP contribution in [0.1, 0.15) is 0 Å². The molecule has 0 unspecified atom stereocenters. The zero-order chi connectivity index (χ0) is 7.66. The Kier molecular flexibility index (Phi) is 8.70. The average Bonchev–Trinajstić information content (AvgIpc) is 1.97. The fourth-order valence-corrected chi connectivity index (χ4v) is 0.545. The summed E-state index contributed by atoms with van der Waals surface area (Å²) in [4.78, 5) is 0. The van der Waals surface area contributed by atoms with Crippen molar-refractivity contribution in [2.75, 3.05) is 39.4 Å². The maximum atomic E-state index is 8.34. The molecule has 1 radical (unpaired) electrons. The minimum absolute atomic E-state index is 0.125. The van der Waals surface area contributed by atoms with E-state index in [2.05, 4.69) is 10.6 Å². The van der Waals surface area contributed by atoms with Crippen molar-refractivity contribution < 1.29 is 10.2 Å². The number of aliphatic hydroxyl groups excluding tert-OH is 2. The van der Waals surface area contributed by atoms with Gasteiger partial charge in [-0.05, 0) is 0 Å². The van der Waals surface area contributed by atoms with Gasteiger partial charge in [-0.15, -0.1) is 0 Å². The van der Waals surface area contributed by atoms with E-state index < -0.39 is 0 Å². The van der Waals surface area contributed by atoms with Crippen LogP contribution in [0.25, 0.3) is 0 Å². The lowest BCUT2D eigenvalue weighted by Gasteiger charge is -2.00. The summed E-state index contributed by atoms with van der Waals surface area (Å²) in [7, 11) is 0. The summed E-state index contributed by atoms with van der Waals surface area (Å²) < 4.78 is 0. The predicted molar refractivity (Wildman–Crippen MR) is 38.9 cm³/mol. The molecule has 0 fully saturated rings. The normalized spacial score (nSPS) is 10.2. The van der Waals surface area contributed by atoms with Crippen LogP contribution in [-0.4, -0.2) is 49.6 Å². The van der Waals surface area contributed by atoms with Crippen LogP contribution in [0.2, 0.25) is 0 Å². The SMILES string of the molecule is OCC[N]CCNCCO. The molecule has 4 nitrogen and oxygen atoms in total. The van der Waals surface area contributed by atoms with Crippen LogP contribution in [0.5, 0.6) is 0 Å². The van der Waals surface area contributed by atoms with Crippen molar-refractivity contribution in [1.82, 2.24) is 10.6 Å². The second kappa shape index (κ2) is 8.84. The largest absolute Gasteiger partial charge is 0.395 e. The molecule has 0 saturated carbocycles. The maximum absolute atomic E-state index is 8.34. The summed E-state index contributed by atoms with van der Waals surface area (Å²) >= 11 is 0. The van der Waals surface area contributed by atoms with Crippen molar-refractivity contribution in [1.29, 1.82) is 0 Å². The first-order valence-electron chi connectivity index (χ1n) is 3.47. The highest BCUT2D eigenvalue weighted by Crippen LogP contribution is 1.62. The van der Waals surface area contributed by atoms with Gasteiger partial charge in [0.15, 0.2) is 0 Å². The first-order valence-corrected chi connectivity index (χ1v) is 3.47. The molecule has 0 aliphatic heterocycles. The molecule has 0 saturated heterocycles. The second-order valence-electron chi connectivity index (χ2n) is 1.87. The van der Waals surface area contributed by atoms with Crippen molar-refractivity contribution in [3.8, 4) is 0 Å². The lowest BCUT2D eigenvalue weighted by molar-refractivity contribution is 0.285.